The Morgan fingerprint density at radius 2 is 2.00 bits per heavy atom. The van der Waals surface area contributed by atoms with Crippen molar-refractivity contribution in [1.82, 2.24) is 0 Å². The average Bonchev–Trinajstić information content (AvgIpc) is 2.03. The van der Waals surface area contributed by atoms with E-state index in [9.17, 15) is 9.90 Å². The predicted octanol–water partition coefficient (Wildman–Crippen LogP) is 1.10. The van der Waals surface area contributed by atoms with E-state index in [0.717, 1.165) is 6.08 Å². The molecule has 1 rings (SSSR count). The summed E-state index contributed by atoms with van der Waals surface area (Å²) in [6.07, 6.45) is 2.35. The molecule has 0 aliphatic rings. The summed E-state index contributed by atoms with van der Waals surface area (Å²) in [5.74, 6) is -1.23. The molecule has 0 aliphatic heterocycles. The average molecular weight is 289 g/mol. The summed E-state index contributed by atoms with van der Waals surface area (Å²) in [5, 5.41) is 10.6. The van der Waals surface area contributed by atoms with E-state index < -0.39 is 5.97 Å². The molecule has 0 unspecified atom stereocenters. The van der Waals surface area contributed by atoms with Gasteiger partial charge >= 0.3 is 22.4 Å². The van der Waals surface area contributed by atoms with Crippen LogP contribution in [-0.4, -0.2) is 5.97 Å². The van der Waals surface area contributed by atoms with Crippen molar-refractivity contribution in [2.75, 3.05) is 0 Å². The summed E-state index contributed by atoms with van der Waals surface area (Å²) in [4.78, 5) is 10.0. The Hall–Kier alpha value is -0.540. The first kappa shape index (κ1) is 12.5. The smallest absolute Gasteiger partial charge is 0.545 e. The topological polar surface area (TPSA) is 40.1 Å². The van der Waals surface area contributed by atoms with Crippen LogP contribution in [0.15, 0.2) is 30.3 Å². The Morgan fingerprint density at radius 3 is 2.54 bits per heavy atom. The van der Waals surface area contributed by atoms with Crippen LogP contribution in [0.5, 0.6) is 0 Å². The molecule has 0 aliphatic carbocycles. The fraction of sp³-hybridized carbons (Fsp3) is 0. The van der Waals surface area contributed by atoms with E-state index >= 15 is 0 Å². The molecule has 0 saturated heterocycles. The largest absolute Gasteiger partial charge is 1.00 e. The summed E-state index contributed by atoms with van der Waals surface area (Å²) in [6, 6.07) is 6.97. The Balaban J connectivity index is 0.00000144. The molecule has 0 N–H and O–H groups in total. The van der Waals surface area contributed by atoms with E-state index in [2.05, 4.69) is 0 Å². The summed E-state index contributed by atoms with van der Waals surface area (Å²) in [7, 11) is 0. The molecular formula is C9H6AgClO2. The third-order valence-electron chi connectivity index (χ3n) is 1.30. The molecule has 13 heavy (non-hydrogen) atoms. The minimum Gasteiger partial charge on any atom is -0.545 e. The Labute approximate surface area is 96.7 Å². The van der Waals surface area contributed by atoms with Gasteiger partial charge in [0.05, 0.1) is 5.97 Å². The number of aliphatic carboxylic acids is 1. The van der Waals surface area contributed by atoms with Gasteiger partial charge in [-0.3, -0.25) is 0 Å². The molecule has 1 aromatic rings. The molecule has 4 heteroatoms. The van der Waals surface area contributed by atoms with Crippen LogP contribution in [0.4, 0.5) is 0 Å². The van der Waals surface area contributed by atoms with Crippen molar-refractivity contribution in [3.8, 4) is 0 Å². The fourth-order valence-electron chi connectivity index (χ4n) is 0.768. The zero-order valence-electron chi connectivity index (χ0n) is 6.46. The first-order chi connectivity index (χ1) is 5.70. The number of carbonyl (C=O) groups excluding carboxylic acids is 1. The fourth-order valence-corrected chi connectivity index (χ4v) is 0.967. The number of carbonyl (C=O) groups is 1. The van der Waals surface area contributed by atoms with Gasteiger partial charge in [0.2, 0.25) is 0 Å². The number of hydrogen-bond acceptors (Lipinski definition) is 2. The van der Waals surface area contributed by atoms with Crippen molar-refractivity contribution < 1.29 is 32.3 Å². The summed E-state index contributed by atoms with van der Waals surface area (Å²) in [6.45, 7) is 0. The first-order valence-electron chi connectivity index (χ1n) is 3.34. The normalized spacial score (nSPS) is 9.62. The van der Waals surface area contributed by atoms with E-state index in [-0.39, 0.29) is 22.4 Å². The van der Waals surface area contributed by atoms with Crippen LogP contribution in [0.1, 0.15) is 5.56 Å². The van der Waals surface area contributed by atoms with E-state index in [4.69, 9.17) is 11.6 Å². The minimum absolute atomic E-state index is 0. The second-order valence-electron chi connectivity index (χ2n) is 2.17. The van der Waals surface area contributed by atoms with Gasteiger partial charge in [-0.05, 0) is 17.7 Å². The third-order valence-corrected chi connectivity index (χ3v) is 1.65. The number of carboxylic acids is 1. The number of halogens is 1. The SMILES string of the molecule is O=C([O-])C=Cc1ccccc1Cl.[Ag+]. The summed E-state index contributed by atoms with van der Waals surface area (Å²) in [5.41, 5.74) is 0.670. The minimum atomic E-state index is -1.23. The van der Waals surface area contributed by atoms with E-state index in [1.165, 1.54) is 6.08 Å². The van der Waals surface area contributed by atoms with Gasteiger partial charge in [0, 0.05) is 5.02 Å². The number of carboxylic acid groups (broad SMARTS) is 1. The van der Waals surface area contributed by atoms with E-state index in [1.807, 2.05) is 0 Å². The van der Waals surface area contributed by atoms with E-state index in [0.29, 0.717) is 10.6 Å². The van der Waals surface area contributed by atoms with Crippen molar-refractivity contribution in [1.29, 1.82) is 0 Å². The number of rotatable bonds is 2. The van der Waals surface area contributed by atoms with Gasteiger partial charge in [-0.15, -0.1) is 0 Å². The van der Waals surface area contributed by atoms with Crippen molar-refractivity contribution in [3.63, 3.8) is 0 Å². The maximum absolute atomic E-state index is 10.0. The van der Waals surface area contributed by atoms with Crippen LogP contribution >= 0.6 is 11.6 Å². The van der Waals surface area contributed by atoms with Crippen LogP contribution in [0.3, 0.4) is 0 Å². The molecule has 0 aromatic heterocycles. The van der Waals surface area contributed by atoms with Gasteiger partial charge in [-0.25, -0.2) is 0 Å². The second kappa shape index (κ2) is 6.00. The molecule has 0 fully saturated rings. The predicted molar refractivity (Wildman–Crippen MR) is 45.5 cm³/mol. The number of hydrogen-bond donors (Lipinski definition) is 0. The molecule has 1 aromatic carbocycles. The molecule has 0 atom stereocenters. The van der Waals surface area contributed by atoms with Gasteiger partial charge in [-0.2, -0.15) is 0 Å². The van der Waals surface area contributed by atoms with Crippen LogP contribution in [0.2, 0.25) is 5.02 Å². The standard InChI is InChI=1S/C9H7ClO2.Ag/c10-8-4-2-1-3-7(8)5-6-9(11)12;/h1-6H,(H,11,12);/q;+1/p-1. The molecule has 0 bridgehead atoms. The van der Waals surface area contributed by atoms with Crippen LogP contribution in [0, 0.1) is 0 Å². The quantitative estimate of drug-likeness (QED) is 0.604. The number of benzene rings is 1. The van der Waals surface area contributed by atoms with Crippen molar-refractivity contribution in [3.05, 3.63) is 40.9 Å². The Morgan fingerprint density at radius 1 is 1.38 bits per heavy atom. The van der Waals surface area contributed by atoms with Gasteiger partial charge in [-0.1, -0.05) is 35.9 Å². The van der Waals surface area contributed by atoms with Crippen LogP contribution < -0.4 is 5.11 Å². The Bertz CT molecular complexity index is 323. The van der Waals surface area contributed by atoms with Crippen molar-refractivity contribution >= 4 is 23.6 Å². The van der Waals surface area contributed by atoms with E-state index in [1.54, 1.807) is 24.3 Å². The molecule has 0 amide bonds. The summed E-state index contributed by atoms with van der Waals surface area (Å²) >= 11 is 5.74. The van der Waals surface area contributed by atoms with Crippen LogP contribution in [0.25, 0.3) is 6.08 Å². The Kier molecular flexibility index (Phi) is 5.75. The summed E-state index contributed by atoms with van der Waals surface area (Å²) < 4.78 is 0. The molecule has 2 nitrogen and oxygen atoms in total. The molecule has 0 heterocycles. The maximum atomic E-state index is 10.0. The van der Waals surface area contributed by atoms with Gasteiger partial charge < -0.3 is 9.90 Å². The molecular weight excluding hydrogens is 283 g/mol. The van der Waals surface area contributed by atoms with Crippen molar-refractivity contribution in [2.24, 2.45) is 0 Å². The molecule has 72 valence electrons. The first-order valence-corrected chi connectivity index (χ1v) is 3.71. The molecule has 0 spiro atoms. The van der Waals surface area contributed by atoms with Crippen molar-refractivity contribution in [2.45, 2.75) is 0 Å². The van der Waals surface area contributed by atoms with Crippen LogP contribution in [-0.2, 0) is 27.2 Å². The van der Waals surface area contributed by atoms with Gasteiger partial charge in [0.15, 0.2) is 0 Å². The van der Waals surface area contributed by atoms with Gasteiger partial charge in [0.25, 0.3) is 0 Å². The zero-order chi connectivity index (χ0) is 8.97. The molecule has 0 radical (unpaired) electrons. The molecule has 0 saturated carbocycles. The second-order valence-corrected chi connectivity index (χ2v) is 2.58. The monoisotopic (exact) mass is 288 g/mol. The van der Waals surface area contributed by atoms with Gasteiger partial charge in [0.1, 0.15) is 0 Å². The third kappa shape index (κ3) is 4.29. The zero-order valence-corrected chi connectivity index (χ0v) is 8.70. The maximum Gasteiger partial charge on any atom is 1.00 e.